The van der Waals surface area contributed by atoms with E-state index in [4.69, 9.17) is 0 Å². The molecular weight excluding hydrogens is 274 g/mol. The zero-order chi connectivity index (χ0) is 14.8. The van der Waals surface area contributed by atoms with E-state index in [0.717, 1.165) is 0 Å². The van der Waals surface area contributed by atoms with Gasteiger partial charge in [0, 0.05) is 23.9 Å². The van der Waals surface area contributed by atoms with Gasteiger partial charge in [0.25, 0.3) is 11.6 Å². The summed E-state index contributed by atoms with van der Waals surface area (Å²) in [6.07, 6.45) is 3.08. The fourth-order valence-corrected chi connectivity index (χ4v) is 1.92. The fraction of sp³-hybridized carbons (Fsp3) is 0. The third-order valence-electron chi connectivity index (χ3n) is 2.92. The summed E-state index contributed by atoms with van der Waals surface area (Å²) in [5.41, 5.74) is 1.15. The molecule has 0 bridgehead atoms. The van der Waals surface area contributed by atoms with Gasteiger partial charge in [0.15, 0.2) is 5.65 Å². The van der Waals surface area contributed by atoms with Crippen molar-refractivity contribution in [3.63, 3.8) is 0 Å². The standard InChI is InChI=1S/C13H9N5O3/c19-13(8-2-1-3-9(6-8)18(20)21)16-11-4-5-14-12-10(11)7-15-17-12/h1-7H,(H2,14,15,16,17,19). The SMILES string of the molecule is O=C(Nc1ccnc2[nH]ncc12)c1cccc([N+](=O)[O-])c1. The van der Waals surface area contributed by atoms with E-state index < -0.39 is 10.8 Å². The van der Waals surface area contributed by atoms with Crippen LogP contribution in [0.4, 0.5) is 11.4 Å². The van der Waals surface area contributed by atoms with Gasteiger partial charge in [0.1, 0.15) is 0 Å². The van der Waals surface area contributed by atoms with Gasteiger partial charge in [-0.3, -0.25) is 20.0 Å². The van der Waals surface area contributed by atoms with Crippen LogP contribution in [0, 0.1) is 10.1 Å². The number of hydrogen-bond donors (Lipinski definition) is 2. The highest BCUT2D eigenvalue weighted by molar-refractivity contribution is 6.08. The minimum atomic E-state index is -0.544. The summed E-state index contributed by atoms with van der Waals surface area (Å²) in [4.78, 5) is 26.4. The lowest BCUT2D eigenvalue weighted by Gasteiger charge is -2.05. The highest BCUT2D eigenvalue weighted by Gasteiger charge is 2.13. The quantitative estimate of drug-likeness (QED) is 0.564. The van der Waals surface area contributed by atoms with Crippen molar-refractivity contribution in [1.82, 2.24) is 15.2 Å². The molecule has 1 aromatic carbocycles. The molecule has 0 aliphatic carbocycles. The molecule has 2 aromatic heterocycles. The molecule has 0 saturated carbocycles. The van der Waals surface area contributed by atoms with Gasteiger partial charge in [0.2, 0.25) is 0 Å². The van der Waals surface area contributed by atoms with Gasteiger partial charge in [-0.15, -0.1) is 0 Å². The van der Waals surface area contributed by atoms with Crippen molar-refractivity contribution >= 4 is 28.3 Å². The molecule has 3 rings (SSSR count). The van der Waals surface area contributed by atoms with E-state index in [9.17, 15) is 14.9 Å². The Morgan fingerprint density at radius 1 is 1.33 bits per heavy atom. The summed E-state index contributed by atoms with van der Waals surface area (Å²) in [5, 5.41) is 20.6. The molecule has 0 spiro atoms. The van der Waals surface area contributed by atoms with Crippen LogP contribution in [0.25, 0.3) is 11.0 Å². The number of nitro benzene ring substituents is 1. The minimum Gasteiger partial charge on any atom is -0.321 e. The number of nitrogens with zero attached hydrogens (tertiary/aromatic N) is 3. The van der Waals surface area contributed by atoms with Crippen molar-refractivity contribution in [3.05, 3.63) is 58.4 Å². The number of carbonyl (C=O) groups excluding carboxylic acids is 1. The number of nitro groups is 1. The van der Waals surface area contributed by atoms with Crippen molar-refractivity contribution in [1.29, 1.82) is 0 Å². The van der Waals surface area contributed by atoms with Crippen LogP contribution in [0.5, 0.6) is 0 Å². The first-order valence-corrected chi connectivity index (χ1v) is 5.99. The first-order valence-electron chi connectivity index (χ1n) is 5.99. The number of H-pyrrole nitrogens is 1. The number of pyridine rings is 1. The van der Waals surface area contributed by atoms with Crippen LogP contribution in [0.2, 0.25) is 0 Å². The number of nitrogens with one attached hydrogen (secondary N) is 2. The van der Waals surface area contributed by atoms with Gasteiger partial charge in [-0.2, -0.15) is 5.10 Å². The van der Waals surface area contributed by atoms with Crippen LogP contribution < -0.4 is 5.32 Å². The molecule has 0 aliphatic heterocycles. The number of benzene rings is 1. The monoisotopic (exact) mass is 283 g/mol. The average molecular weight is 283 g/mol. The van der Waals surface area contributed by atoms with Crippen LogP contribution in [0.15, 0.2) is 42.7 Å². The van der Waals surface area contributed by atoms with Gasteiger partial charge in [0.05, 0.1) is 22.2 Å². The lowest BCUT2D eigenvalue weighted by Crippen LogP contribution is -2.12. The summed E-state index contributed by atoms with van der Waals surface area (Å²) < 4.78 is 0. The minimum absolute atomic E-state index is 0.133. The normalized spacial score (nSPS) is 10.5. The van der Waals surface area contributed by atoms with E-state index in [1.807, 2.05) is 0 Å². The van der Waals surface area contributed by atoms with Crippen LogP contribution in [-0.2, 0) is 0 Å². The molecule has 1 amide bonds. The Labute approximate surface area is 118 Å². The molecule has 0 radical (unpaired) electrons. The Balaban J connectivity index is 1.91. The van der Waals surface area contributed by atoms with Gasteiger partial charge in [-0.1, -0.05) is 6.07 Å². The van der Waals surface area contributed by atoms with Crippen molar-refractivity contribution in [2.24, 2.45) is 0 Å². The maximum absolute atomic E-state index is 12.2. The Morgan fingerprint density at radius 3 is 3.00 bits per heavy atom. The van der Waals surface area contributed by atoms with Gasteiger partial charge in [-0.05, 0) is 12.1 Å². The number of amides is 1. The number of aromatic amines is 1. The maximum Gasteiger partial charge on any atom is 0.270 e. The third kappa shape index (κ3) is 2.41. The predicted octanol–water partition coefficient (Wildman–Crippen LogP) is 2.12. The summed E-state index contributed by atoms with van der Waals surface area (Å²) in [5.74, 6) is -0.438. The van der Waals surface area contributed by atoms with Gasteiger partial charge >= 0.3 is 0 Å². The molecule has 8 nitrogen and oxygen atoms in total. The molecule has 104 valence electrons. The van der Waals surface area contributed by atoms with E-state index in [1.165, 1.54) is 30.5 Å². The molecule has 0 aliphatic rings. The second kappa shape index (κ2) is 5.00. The predicted molar refractivity (Wildman–Crippen MR) is 74.9 cm³/mol. The van der Waals surface area contributed by atoms with E-state index >= 15 is 0 Å². The second-order valence-corrected chi connectivity index (χ2v) is 4.25. The number of anilines is 1. The molecule has 0 saturated heterocycles. The molecule has 21 heavy (non-hydrogen) atoms. The van der Waals surface area contributed by atoms with E-state index in [2.05, 4.69) is 20.5 Å². The van der Waals surface area contributed by atoms with Gasteiger partial charge in [-0.25, -0.2) is 4.98 Å². The molecular formula is C13H9N5O3. The zero-order valence-corrected chi connectivity index (χ0v) is 10.6. The molecule has 8 heteroatoms. The molecule has 0 fully saturated rings. The Morgan fingerprint density at radius 2 is 2.19 bits per heavy atom. The highest BCUT2D eigenvalue weighted by Crippen LogP contribution is 2.20. The summed E-state index contributed by atoms with van der Waals surface area (Å²) in [7, 11) is 0. The number of non-ortho nitro benzene ring substituents is 1. The zero-order valence-electron chi connectivity index (χ0n) is 10.6. The lowest BCUT2D eigenvalue weighted by molar-refractivity contribution is -0.384. The van der Waals surface area contributed by atoms with Gasteiger partial charge < -0.3 is 5.32 Å². The van der Waals surface area contributed by atoms with Crippen molar-refractivity contribution in [2.75, 3.05) is 5.32 Å². The van der Waals surface area contributed by atoms with E-state index in [-0.39, 0.29) is 11.3 Å². The molecule has 0 atom stereocenters. The van der Waals surface area contributed by atoms with Crippen LogP contribution in [0.1, 0.15) is 10.4 Å². The lowest BCUT2D eigenvalue weighted by atomic mass is 10.2. The van der Waals surface area contributed by atoms with Crippen molar-refractivity contribution < 1.29 is 9.72 Å². The van der Waals surface area contributed by atoms with Crippen LogP contribution in [-0.4, -0.2) is 26.0 Å². The first kappa shape index (κ1) is 12.7. The number of aromatic nitrogens is 3. The van der Waals surface area contributed by atoms with E-state index in [0.29, 0.717) is 16.7 Å². The Kier molecular flexibility index (Phi) is 3.03. The third-order valence-corrected chi connectivity index (χ3v) is 2.92. The summed E-state index contributed by atoms with van der Waals surface area (Å²) >= 11 is 0. The molecule has 0 unspecified atom stereocenters. The maximum atomic E-state index is 12.2. The largest absolute Gasteiger partial charge is 0.321 e. The van der Waals surface area contributed by atoms with Crippen LogP contribution >= 0.6 is 0 Å². The summed E-state index contributed by atoms with van der Waals surface area (Å²) in [6, 6.07) is 7.16. The van der Waals surface area contributed by atoms with Crippen molar-refractivity contribution in [3.8, 4) is 0 Å². The Bertz CT molecular complexity index is 842. The van der Waals surface area contributed by atoms with E-state index in [1.54, 1.807) is 12.3 Å². The van der Waals surface area contributed by atoms with Crippen molar-refractivity contribution in [2.45, 2.75) is 0 Å². The topological polar surface area (TPSA) is 114 Å². The molecule has 2 N–H and O–H groups in total. The number of hydrogen-bond acceptors (Lipinski definition) is 5. The molecule has 3 aromatic rings. The fourth-order valence-electron chi connectivity index (χ4n) is 1.92. The first-order chi connectivity index (χ1) is 10.1. The van der Waals surface area contributed by atoms with Crippen LogP contribution in [0.3, 0.4) is 0 Å². The second-order valence-electron chi connectivity index (χ2n) is 4.25. The number of fused-ring (bicyclic) bond motifs is 1. The number of rotatable bonds is 3. The highest BCUT2D eigenvalue weighted by atomic mass is 16.6. The smallest absolute Gasteiger partial charge is 0.270 e. The average Bonchev–Trinajstić information content (AvgIpc) is 2.97. The Hall–Kier alpha value is -3.29. The molecule has 2 heterocycles. The summed E-state index contributed by atoms with van der Waals surface area (Å²) in [6.45, 7) is 0. The number of carbonyl (C=O) groups is 1.